The number of rotatable bonds is 12. The van der Waals surface area contributed by atoms with Crippen molar-refractivity contribution in [2.45, 2.75) is 39.5 Å². The number of alkyl halides is 1. The quantitative estimate of drug-likeness (QED) is 0.0994. The summed E-state index contributed by atoms with van der Waals surface area (Å²) in [6.07, 6.45) is 4.20. The van der Waals surface area contributed by atoms with E-state index in [4.69, 9.17) is 9.47 Å². The number of ether oxygens (including phenoxy) is 2. The molecule has 0 fully saturated rings. The zero-order chi connectivity index (χ0) is 22.6. The second-order valence-corrected chi connectivity index (χ2v) is 8.80. The summed E-state index contributed by atoms with van der Waals surface area (Å²) < 4.78 is 13.0. The molecule has 32 heavy (non-hydrogen) atoms. The predicted molar refractivity (Wildman–Crippen MR) is 145 cm³/mol. The lowest BCUT2D eigenvalue weighted by Crippen LogP contribution is -1.99. The summed E-state index contributed by atoms with van der Waals surface area (Å²) in [7, 11) is 0. The highest BCUT2D eigenvalue weighted by atomic mass is 127. The van der Waals surface area contributed by atoms with Crippen molar-refractivity contribution in [2.24, 2.45) is 0 Å². The van der Waals surface area contributed by atoms with Crippen LogP contribution in [0.5, 0.6) is 11.5 Å². The van der Waals surface area contributed by atoms with Gasteiger partial charge in [0.05, 0.1) is 13.2 Å². The van der Waals surface area contributed by atoms with Crippen LogP contribution in [0.3, 0.4) is 0 Å². The van der Waals surface area contributed by atoms with Crippen LogP contribution >= 0.6 is 22.6 Å². The molecule has 0 amide bonds. The lowest BCUT2D eigenvalue weighted by molar-refractivity contribution is 0.309. The lowest BCUT2D eigenvalue weighted by Gasteiger charge is -2.17. The van der Waals surface area contributed by atoms with E-state index in [0.29, 0.717) is 0 Å². The fraction of sp³-hybridized carbons (Fsp3) is 0.310. The van der Waals surface area contributed by atoms with Crippen molar-refractivity contribution in [3.8, 4) is 11.5 Å². The summed E-state index contributed by atoms with van der Waals surface area (Å²) in [5, 5.41) is 0. The summed E-state index contributed by atoms with van der Waals surface area (Å²) in [5.41, 5.74) is 6.21. The third kappa shape index (κ3) is 6.86. The topological polar surface area (TPSA) is 18.5 Å². The highest BCUT2D eigenvalue weighted by molar-refractivity contribution is 14.1. The van der Waals surface area contributed by atoms with Gasteiger partial charge >= 0.3 is 0 Å². The molecule has 0 aliphatic rings. The van der Waals surface area contributed by atoms with Gasteiger partial charge in [0.2, 0.25) is 0 Å². The monoisotopic (exact) mass is 540 g/mol. The Hall–Kier alpha value is -2.27. The van der Waals surface area contributed by atoms with E-state index in [1.54, 1.807) is 0 Å². The highest BCUT2D eigenvalue weighted by Gasteiger charge is 2.14. The van der Waals surface area contributed by atoms with E-state index in [1.165, 1.54) is 27.8 Å². The van der Waals surface area contributed by atoms with Crippen molar-refractivity contribution in [1.29, 1.82) is 0 Å². The van der Waals surface area contributed by atoms with Crippen molar-refractivity contribution in [3.63, 3.8) is 0 Å². The molecule has 0 atom stereocenters. The number of halogens is 1. The van der Waals surface area contributed by atoms with Gasteiger partial charge in [-0.15, -0.1) is 0 Å². The van der Waals surface area contributed by atoms with Crippen molar-refractivity contribution in [2.75, 3.05) is 17.6 Å². The van der Waals surface area contributed by atoms with Crippen LogP contribution in [0.25, 0.3) is 11.1 Å². The molecule has 3 heteroatoms. The van der Waals surface area contributed by atoms with Crippen LogP contribution in [0.2, 0.25) is 0 Å². The molecule has 0 aliphatic heterocycles. The highest BCUT2D eigenvalue weighted by Crippen LogP contribution is 2.36. The Balaban J connectivity index is 2.01. The van der Waals surface area contributed by atoms with E-state index < -0.39 is 0 Å². The van der Waals surface area contributed by atoms with Crippen LogP contribution in [-0.4, -0.2) is 17.6 Å². The second kappa shape index (κ2) is 13.3. The summed E-state index contributed by atoms with van der Waals surface area (Å²) >= 11 is 2.39. The molecule has 0 bridgehead atoms. The SMILES string of the molecule is CCCCOc1ccc(/C(=C(\CC)c2cccc(OCCCI)c2)c2ccccc2)cc1. The van der Waals surface area contributed by atoms with Gasteiger partial charge < -0.3 is 9.47 Å². The normalized spacial score (nSPS) is 11.7. The Morgan fingerprint density at radius 3 is 2.03 bits per heavy atom. The third-order valence-corrected chi connectivity index (χ3v) is 6.12. The van der Waals surface area contributed by atoms with Gasteiger partial charge in [-0.25, -0.2) is 0 Å². The van der Waals surface area contributed by atoms with Crippen LogP contribution in [0.1, 0.15) is 56.2 Å². The zero-order valence-electron chi connectivity index (χ0n) is 19.1. The molecule has 0 saturated heterocycles. The molecule has 0 spiro atoms. The first kappa shape index (κ1) is 24.4. The maximum atomic E-state index is 5.99. The van der Waals surface area contributed by atoms with E-state index in [1.807, 2.05) is 0 Å². The Bertz CT molecular complexity index is 978. The molecule has 0 heterocycles. The fourth-order valence-electron chi connectivity index (χ4n) is 3.72. The predicted octanol–water partition coefficient (Wildman–Crippen LogP) is 8.44. The first-order valence-corrected chi connectivity index (χ1v) is 13.1. The van der Waals surface area contributed by atoms with Gasteiger partial charge in [-0.1, -0.05) is 97.5 Å². The van der Waals surface area contributed by atoms with Gasteiger partial charge in [0.15, 0.2) is 0 Å². The average Bonchev–Trinajstić information content (AvgIpc) is 2.84. The number of hydrogen-bond donors (Lipinski definition) is 0. The summed E-state index contributed by atoms with van der Waals surface area (Å²) in [6, 6.07) is 27.7. The molecular weight excluding hydrogens is 507 g/mol. The number of unbranched alkanes of at least 4 members (excludes halogenated alkanes) is 1. The number of allylic oxidation sites excluding steroid dienone is 1. The Kier molecular flexibility index (Phi) is 10.1. The molecule has 2 nitrogen and oxygen atoms in total. The van der Waals surface area contributed by atoms with Crippen molar-refractivity contribution in [3.05, 3.63) is 95.6 Å². The first-order valence-electron chi connectivity index (χ1n) is 11.6. The standard InChI is InChI=1S/C29H33IO2/c1-3-5-20-31-26-17-15-24(16-18-26)29(23-11-7-6-8-12-23)28(4-2)25-13-9-14-27(22-25)32-21-10-19-30/h6-9,11-18,22H,3-5,10,19-21H2,1-2H3/b29-28+. The van der Waals surface area contributed by atoms with Crippen molar-refractivity contribution < 1.29 is 9.47 Å². The molecule has 0 aromatic heterocycles. The zero-order valence-corrected chi connectivity index (χ0v) is 21.3. The Morgan fingerprint density at radius 2 is 1.34 bits per heavy atom. The largest absolute Gasteiger partial charge is 0.494 e. The number of benzene rings is 3. The Morgan fingerprint density at radius 1 is 0.688 bits per heavy atom. The minimum atomic E-state index is 0.753. The van der Waals surface area contributed by atoms with E-state index in [2.05, 4.69) is 115 Å². The summed E-state index contributed by atoms with van der Waals surface area (Å²) in [6.45, 7) is 5.92. The van der Waals surface area contributed by atoms with E-state index >= 15 is 0 Å². The van der Waals surface area contributed by atoms with Gasteiger partial charge in [-0.3, -0.25) is 0 Å². The smallest absolute Gasteiger partial charge is 0.119 e. The van der Waals surface area contributed by atoms with Gasteiger partial charge in [-0.05, 0) is 71.4 Å². The maximum absolute atomic E-state index is 5.99. The number of hydrogen-bond acceptors (Lipinski definition) is 2. The third-order valence-electron chi connectivity index (χ3n) is 5.36. The van der Waals surface area contributed by atoms with Crippen LogP contribution in [0.4, 0.5) is 0 Å². The molecule has 0 N–H and O–H groups in total. The average molecular weight is 540 g/mol. The molecule has 0 unspecified atom stereocenters. The van der Waals surface area contributed by atoms with Crippen molar-refractivity contribution in [1.82, 2.24) is 0 Å². The van der Waals surface area contributed by atoms with Gasteiger partial charge in [-0.2, -0.15) is 0 Å². The van der Waals surface area contributed by atoms with E-state index in [9.17, 15) is 0 Å². The van der Waals surface area contributed by atoms with Crippen LogP contribution in [0.15, 0.2) is 78.9 Å². The van der Waals surface area contributed by atoms with Crippen LogP contribution in [-0.2, 0) is 0 Å². The van der Waals surface area contributed by atoms with Gasteiger partial charge in [0, 0.05) is 4.43 Å². The Labute approximate surface area is 206 Å². The van der Waals surface area contributed by atoms with E-state index in [-0.39, 0.29) is 0 Å². The maximum Gasteiger partial charge on any atom is 0.119 e. The van der Waals surface area contributed by atoms with E-state index in [0.717, 1.165) is 54.8 Å². The van der Waals surface area contributed by atoms with Gasteiger partial charge in [0.25, 0.3) is 0 Å². The van der Waals surface area contributed by atoms with Gasteiger partial charge in [0.1, 0.15) is 11.5 Å². The first-order chi connectivity index (χ1) is 15.8. The molecule has 0 aliphatic carbocycles. The molecule has 3 aromatic carbocycles. The summed E-state index contributed by atoms with van der Waals surface area (Å²) in [4.78, 5) is 0. The minimum absolute atomic E-state index is 0.753. The molecule has 0 radical (unpaired) electrons. The summed E-state index contributed by atoms with van der Waals surface area (Å²) in [5.74, 6) is 1.86. The molecule has 168 valence electrons. The lowest BCUT2D eigenvalue weighted by atomic mass is 9.88. The fourth-order valence-corrected chi connectivity index (χ4v) is 4.03. The minimum Gasteiger partial charge on any atom is -0.494 e. The molecular formula is C29H33IO2. The molecule has 0 saturated carbocycles. The van der Waals surface area contributed by atoms with Crippen LogP contribution < -0.4 is 9.47 Å². The second-order valence-electron chi connectivity index (χ2n) is 7.72. The van der Waals surface area contributed by atoms with Crippen molar-refractivity contribution >= 4 is 33.7 Å². The molecule has 3 rings (SSSR count). The van der Waals surface area contributed by atoms with Crippen LogP contribution in [0, 0.1) is 0 Å². The molecule has 3 aromatic rings.